The van der Waals surface area contributed by atoms with E-state index in [1.54, 1.807) is 0 Å². The van der Waals surface area contributed by atoms with Gasteiger partial charge in [0.2, 0.25) is 0 Å². The first-order valence-corrected chi connectivity index (χ1v) is 3.17. The minimum Gasteiger partial charge on any atom is -0.480 e. The molecule has 10 heavy (non-hydrogen) atoms. The summed E-state index contributed by atoms with van der Waals surface area (Å²) in [6, 6.07) is -0.662. The van der Waals surface area contributed by atoms with Crippen LogP contribution in [0.3, 0.4) is 0 Å². The normalized spacial score (nSPS) is 11.8. The van der Waals surface area contributed by atoms with E-state index in [1.807, 2.05) is 6.92 Å². The molecule has 59 valence electrons. The second-order valence-electron chi connectivity index (χ2n) is 2.09. The molecule has 0 saturated heterocycles. The smallest absolute Gasteiger partial charge is 0.320 e. The van der Waals surface area contributed by atoms with Gasteiger partial charge in [-0.1, -0.05) is 19.8 Å². The summed E-state index contributed by atoms with van der Waals surface area (Å²) in [5, 5.41) is 8.28. The largest absolute Gasteiger partial charge is 0.480 e. The molecule has 0 bridgehead atoms. The third-order valence-electron chi connectivity index (χ3n) is 1.19. The number of rotatable bonds is 4. The molecule has 3 nitrogen and oxygen atoms in total. The summed E-state index contributed by atoms with van der Waals surface area (Å²) in [6.07, 6.45) is 2.49. The monoisotopic (exact) mass is 182 g/mol. The molecular weight excluding hydrogens is 169 g/mol. The van der Waals surface area contributed by atoms with E-state index in [1.165, 1.54) is 0 Å². The zero-order chi connectivity index (χ0) is 7.28. The van der Waals surface area contributed by atoms with Crippen molar-refractivity contribution in [1.82, 2.24) is 0 Å². The molecule has 0 rings (SSSR count). The zero-order valence-corrected chi connectivity index (χ0v) is 7.48. The van der Waals surface area contributed by atoms with Gasteiger partial charge in [-0.2, -0.15) is 0 Å². The molecule has 0 fully saturated rings. The van der Waals surface area contributed by atoms with Crippen molar-refractivity contribution in [3.05, 3.63) is 0 Å². The number of hydrogen-bond acceptors (Lipinski definition) is 2. The van der Waals surface area contributed by atoms with E-state index < -0.39 is 12.0 Å². The predicted molar refractivity (Wildman–Crippen MR) is 35.1 cm³/mol. The van der Waals surface area contributed by atoms with Crippen LogP contribution in [0.15, 0.2) is 0 Å². The van der Waals surface area contributed by atoms with Crippen molar-refractivity contribution >= 4 is 5.97 Å². The minimum atomic E-state index is -0.900. The van der Waals surface area contributed by atoms with Crippen LogP contribution in [0.5, 0.6) is 0 Å². The fourth-order valence-electron chi connectivity index (χ4n) is 0.548. The van der Waals surface area contributed by atoms with Gasteiger partial charge in [-0.3, -0.25) is 4.79 Å². The second kappa shape index (κ2) is 7.13. The average Bonchev–Trinajstić information content (AvgIpc) is 1.82. The molecule has 3 N–H and O–H groups in total. The van der Waals surface area contributed by atoms with Gasteiger partial charge >= 0.3 is 5.97 Å². The van der Waals surface area contributed by atoms with E-state index in [9.17, 15) is 4.79 Å². The first-order chi connectivity index (χ1) is 4.18. The maximum atomic E-state index is 10.1. The Balaban J connectivity index is 0. The summed E-state index contributed by atoms with van der Waals surface area (Å²) < 4.78 is 0. The maximum Gasteiger partial charge on any atom is 0.320 e. The molecule has 0 aliphatic rings. The fraction of sp³-hybridized carbons (Fsp3) is 0.833. The number of carboxylic acid groups (broad SMARTS) is 1. The van der Waals surface area contributed by atoms with E-state index in [-0.39, 0.29) is 18.6 Å². The molecule has 1 unspecified atom stereocenters. The van der Waals surface area contributed by atoms with Gasteiger partial charge in [-0.15, -0.1) is 0 Å². The Bertz CT molecular complexity index is 97.7. The van der Waals surface area contributed by atoms with Crippen LogP contribution in [0.1, 0.15) is 26.2 Å². The number of hydrogen-bond donors (Lipinski definition) is 2. The summed E-state index contributed by atoms with van der Waals surface area (Å²) in [7, 11) is 0. The van der Waals surface area contributed by atoms with Gasteiger partial charge in [0.1, 0.15) is 6.04 Å². The van der Waals surface area contributed by atoms with E-state index in [0.717, 1.165) is 12.8 Å². The van der Waals surface area contributed by atoms with Crippen molar-refractivity contribution in [2.24, 2.45) is 5.73 Å². The Hall–Kier alpha value is 0.0144. The summed E-state index contributed by atoms with van der Waals surface area (Å²) in [5.41, 5.74) is 5.20. The van der Waals surface area contributed by atoms with Crippen LogP contribution in [0.2, 0.25) is 0 Å². The molecule has 1 atom stereocenters. The van der Waals surface area contributed by atoms with Crippen LogP contribution in [0.25, 0.3) is 0 Å². The third-order valence-corrected chi connectivity index (χ3v) is 1.19. The van der Waals surface area contributed by atoms with E-state index in [2.05, 4.69) is 0 Å². The van der Waals surface area contributed by atoms with Gasteiger partial charge in [0.25, 0.3) is 0 Å². The molecule has 0 aromatic carbocycles. The molecule has 0 amide bonds. The van der Waals surface area contributed by atoms with Crippen LogP contribution in [0.4, 0.5) is 0 Å². The Kier molecular flexibility index (Phi) is 9.03. The summed E-state index contributed by atoms with van der Waals surface area (Å²) in [4.78, 5) is 10.1. The third kappa shape index (κ3) is 6.14. The molecule has 0 spiro atoms. The van der Waals surface area contributed by atoms with Gasteiger partial charge in [0.05, 0.1) is 0 Å². The molecule has 1 radical (unpaired) electrons. The zero-order valence-electron chi connectivity index (χ0n) is 6.08. The molecular formula is C6H13NO2V. The number of carboxylic acids is 1. The Morgan fingerprint density at radius 2 is 2.20 bits per heavy atom. The second-order valence-corrected chi connectivity index (χ2v) is 2.09. The van der Waals surface area contributed by atoms with Gasteiger partial charge in [-0.25, -0.2) is 0 Å². The maximum absolute atomic E-state index is 10.1. The number of nitrogens with two attached hydrogens (primary N) is 1. The van der Waals surface area contributed by atoms with E-state index >= 15 is 0 Å². The van der Waals surface area contributed by atoms with E-state index in [4.69, 9.17) is 10.8 Å². The van der Waals surface area contributed by atoms with Crippen LogP contribution >= 0.6 is 0 Å². The first kappa shape index (κ1) is 12.7. The Morgan fingerprint density at radius 3 is 2.50 bits per heavy atom. The van der Waals surface area contributed by atoms with Crippen LogP contribution in [-0.4, -0.2) is 17.1 Å². The number of carbonyl (C=O) groups is 1. The quantitative estimate of drug-likeness (QED) is 0.668. The summed E-state index contributed by atoms with van der Waals surface area (Å²) in [6.45, 7) is 2.01. The summed E-state index contributed by atoms with van der Waals surface area (Å²) >= 11 is 0. The molecule has 0 saturated carbocycles. The van der Waals surface area contributed by atoms with Gasteiger partial charge in [-0.05, 0) is 6.42 Å². The van der Waals surface area contributed by atoms with Crippen molar-refractivity contribution in [3.8, 4) is 0 Å². The van der Waals surface area contributed by atoms with Crippen molar-refractivity contribution < 1.29 is 28.5 Å². The predicted octanol–water partition coefficient (Wildman–Crippen LogP) is 0.586. The van der Waals surface area contributed by atoms with Crippen LogP contribution in [-0.2, 0) is 23.4 Å². The first-order valence-electron chi connectivity index (χ1n) is 3.17. The molecule has 0 aliphatic heterocycles. The van der Waals surface area contributed by atoms with Crippen LogP contribution in [0, 0.1) is 0 Å². The molecule has 0 aliphatic carbocycles. The van der Waals surface area contributed by atoms with Crippen LogP contribution < -0.4 is 5.73 Å². The summed E-state index contributed by atoms with van der Waals surface area (Å²) in [5.74, 6) is -0.900. The number of unbranched alkanes of at least 4 members (excludes halogenated alkanes) is 1. The standard InChI is InChI=1S/C6H13NO2.V/c1-2-3-4-5(7)6(8)9;/h5H,2-4,7H2,1H3,(H,8,9);. The topological polar surface area (TPSA) is 63.3 Å². The Labute approximate surface area is 72.9 Å². The van der Waals surface area contributed by atoms with Gasteiger partial charge in [0, 0.05) is 18.6 Å². The Morgan fingerprint density at radius 1 is 1.70 bits per heavy atom. The fourth-order valence-corrected chi connectivity index (χ4v) is 0.548. The minimum absolute atomic E-state index is 0. The van der Waals surface area contributed by atoms with Gasteiger partial charge < -0.3 is 10.8 Å². The molecule has 0 aromatic rings. The number of aliphatic carboxylic acids is 1. The van der Waals surface area contributed by atoms with Gasteiger partial charge in [0.15, 0.2) is 0 Å². The molecule has 4 heteroatoms. The SMILES string of the molecule is CCCCC(N)C(=O)O.[V]. The molecule has 0 heterocycles. The van der Waals surface area contributed by atoms with E-state index in [0.29, 0.717) is 6.42 Å². The van der Waals surface area contributed by atoms with Crippen molar-refractivity contribution in [2.45, 2.75) is 32.2 Å². The van der Waals surface area contributed by atoms with Crippen molar-refractivity contribution in [1.29, 1.82) is 0 Å². The average molecular weight is 182 g/mol. The molecule has 0 aromatic heterocycles. The van der Waals surface area contributed by atoms with Crippen molar-refractivity contribution in [3.63, 3.8) is 0 Å². The van der Waals surface area contributed by atoms with Crippen molar-refractivity contribution in [2.75, 3.05) is 0 Å².